The van der Waals surface area contributed by atoms with Gasteiger partial charge >= 0.3 is 0 Å². The lowest BCUT2D eigenvalue weighted by Crippen LogP contribution is -2.12. The molecule has 0 amide bonds. The molecule has 0 saturated heterocycles. The summed E-state index contributed by atoms with van der Waals surface area (Å²) in [5.74, 6) is -0.251. The van der Waals surface area contributed by atoms with E-state index in [1.165, 1.54) is 12.1 Å². The number of ether oxygens (including phenoxy) is 1. The van der Waals surface area contributed by atoms with Gasteiger partial charge in [-0.25, -0.2) is 4.39 Å². The highest BCUT2D eigenvalue weighted by Crippen LogP contribution is 2.36. The van der Waals surface area contributed by atoms with Crippen LogP contribution in [0, 0.1) is 15.9 Å². The van der Waals surface area contributed by atoms with Crippen molar-refractivity contribution >= 4 is 11.4 Å². The maximum Gasteiger partial charge on any atom is 0.272 e. The van der Waals surface area contributed by atoms with E-state index in [-0.39, 0.29) is 11.4 Å². The van der Waals surface area contributed by atoms with Crippen LogP contribution in [-0.2, 0) is 6.42 Å². The van der Waals surface area contributed by atoms with E-state index in [0.717, 1.165) is 36.7 Å². The van der Waals surface area contributed by atoms with E-state index in [2.05, 4.69) is 5.32 Å². The van der Waals surface area contributed by atoms with Crippen molar-refractivity contribution in [1.82, 2.24) is 0 Å². The van der Waals surface area contributed by atoms with Crippen LogP contribution in [0.1, 0.15) is 12.0 Å². The second kappa shape index (κ2) is 5.40. The monoisotopic (exact) mass is 288 g/mol. The van der Waals surface area contributed by atoms with Gasteiger partial charge in [0.15, 0.2) is 17.3 Å². The molecule has 21 heavy (non-hydrogen) atoms. The predicted molar refractivity (Wildman–Crippen MR) is 76.4 cm³/mol. The molecule has 0 saturated carbocycles. The molecule has 0 radical (unpaired) electrons. The minimum atomic E-state index is -0.752. The van der Waals surface area contributed by atoms with Crippen molar-refractivity contribution in [2.75, 3.05) is 11.9 Å². The van der Waals surface area contributed by atoms with Crippen LogP contribution in [0.3, 0.4) is 0 Å². The van der Waals surface area contributed by atoms with Gasteiger partial charge in [-0.15, -0.1) is 0 Å². The van der Waals surface area contributed by atoms with Crippen molar-refractivity contribution in [3.8, 4) is 11.5 Å². The summed E-state index contributed by atoms with van der Waals surface area (Å²) in [5.41, 5.74) is 1.69. The van der Waals surface area contributed by atoms with E-state index >= 15 is 0 Å². The number of nitrogens with one attached hydrogen (secondary N) is 1. The van der Waals surface area contributed by atoms with E-state index in [4.69, 9.17) is 4.74 Å². The average molecular weight is 288 g/mol. The minimum absolute atomic E-state index is 0.0265. The lowest BCUT2D eigenvalue weighted by Gasteiger charge is -2.21. The number of hydrogen-bond donors (Lipinski definition) is 1. The van der Waals surface area contributed by atoms with Crippen molar-refractivity contribution in [3.63, 3.8) is 0 Å². The summed E-state index contributed by atoms with van der Waals surface area (Å²) in [6, 6.07) is 8.96. The van der Waals surface area contributed by atoms with Crippen LogP contribution in [0.15, 0.2) is 36.4 Å². The van der Waals surface area contributed by atoms with E-state index in [1.54, 1.807) is 6.07 Å². The summed E-state index contributed by atoms with van der Waals surface area (Å²) in [7, 11) is 0. The normalized spacial score (nSPS) is 13.2. The number of aryl methyl sites for hydroxylation is 1. The van der Waals surface area contributed by atoms with E-state index < -0.39 is 10.7 Å². The molecule has 0 aromatic heterocycles. The van der Waals surface area contributed by atoms with Crippen molar-refractivity contribution in [2.45, 2.75) is 12.8 Å². The molecule has 1 N–H and O–H groups in total. The molecule has 5 nitrogen and oxygen atoms in total. The zero-order valence-electron chi connectivity index (χ0n) is 11.1. The Balaban J connectivity index is 1.92. The van der Waals surface area contributed by atoms with Crippen LogP contribution >= 0.6 is 0 Å². The minimum Gasteiger partial charge on any atom is -0.452 e. The number of nitro groups is 1. The number of benzene rings is 2. The van der Waals surface area contributed by atoms with Gasteiger partial charge in [0.2, 0.25) is 0 Å². The van der Waals surface area contributed by atoms with Crippen molar-refractivity contribution in [2.24, 2.45) is 0 Å². The molecular weight excluding hydrogens is 275 g/mol. The van der Waals surface area contributed by atoms with Gasteiger partial charge in [-0.05, 0) is 30.5 Å². The van der Waals surface area contributed by atoms with Crippen LogP contribution in [0.25, 0.3) is 0 Å². The lowest BCUT2D eigenvalue weighted by atomic mass is 10.0. The van der Waals surface area contributed by atoms with Gasteiger partial charge in [0.25, 0.3) is 5.69 Å². The third kappa shape index (κ3) is 2.65. The highest BCUT2D eigenvalue weighted by molar-refractivity contribution is 5.64. The Morgan fingerprint density at radius 2 is 2.10 bits per heavy atom. The molecule has 1 aliphatic rings. The Morgan fingerprint density at radius 1 is 1.24 bits per heavy atom. The number of nitro benzene ring substituents is 1. The Labute approximate surface area is 120 Å². The number of fused-ring (bicyclic) bond motifs is 1. The molecule has 2 aromatic rings. The van der Waals surface area contributed by atoms with Crippen LogP contribution in [0.2, 0.25) is 0 Å². The molecular formula is C15H13FN2O3. The number of hydrogen-bond acceptors (Lipinski definition) is 4. The average Bonchev–Trinajstić information content (AvgIpc) is 2.49. The van der Waals surface area contributed by atoms with Crippen molar-refractivity contribution in [3.05, 3.63) is 57.9 Å². The second-order valence-corrected chi connectivity index (χ2v) is 4.79. The number of para-hydroxylation sites is 1. The largest absolute Gasteiger partial charge is 0.452 e. The first-order chi connectivity index (χ1) is 10.1. The van der Waals surface area contributed by atoms with Crippen molar-refractivity contribution < 1.29 is 14.1 Å². The van der Waals surface area contributed by atoms with Gasteiger partial charge in [-0.1, -0.05) is 12.1 Å². The first-order valence-electron chi connectivity index (χ1n) is 6.63. The lowest BCUT2D eigenvalue weighted by molar-refractivity contribution is -0.385. The molecule has 108 valence electrons. The third-order valence-electron chi connectivity index (χ3n) is 3.38. The fourth-order valence-electron chi connectivity index (χ4n) is 2.37. The molecule has 1 aliphatic heterocycles. The Hall–Kier alpha value is -2.63. The molecule has 0 spiro atoms. The number of non-ortho nitro benzene ring substituents is 1. The molecule has 0 aliphatic carbocycles. The molecule has 0 bridgehead atoms. The summed E-state index contributed by atoms with van der Waals surface area (Å²) in [6.45, 7) is 0.843. The van der Waals surface area contributed by atoms with Gasteiger partial charge in [0, 0.05) is 12.6 Å². The maximum absolute atomic E-state index is 13.9. The molecule has 0 atom stereocenters. The number of anilines is 1. The quantitative estimate of drug-likeness (QED) is 0.687. The van der Waals surface area contributed by atoms with Crippen LogP contribution < -0.4 is 10.1 Å². The maximum atomic E-state index is 13.9. The Bertz CT molecular complexity index is 703. The van der Waals surface area contributed by atoms with Crippen LogP contribution in [0.4, 0.5) is 15.8 Å². The van der Waals surface area contributed by atoms with Crippen LogP contribution in [-0.4, -0.2) is 11.5 Å². The standard InChI is InChI=1S/C15H13FN2O3/c16-12-9-11(18(19)20)6-7-13(12)21-14-5-1-3-10-4-2-8-17-15(10)14/h1,3,5-7,9,17H,2,4,8H2. The van der Waals surface area contributed by atoms with Gasteiger partial charge < -0.3 is 10.1 Å². The third-order valence-corrected chi connectivity index (χ3v) is 3.38. The number of halogens is 1. The highest BCUT2D eigenvalue weighted by atomic mass is 19.1. The molecule has 1 heterocycles. The van der Waals surface area contributed by atoms with Crippen molar-refractivity contribution in [1.29, 1.82) is 0 Å². The predicted octanol–water partition coefficient (Wildman–Crippen LogP) is 3.88. The van der Waals surface area contributed by atoms with E-state index in [1.807, 2.05) is 12.1 Å². The Morgan fingerprint density at radius 3 is 2.86 bits per heavy atom. The summed E-state index contributed by atoms with van der Waals surface area (Å²) < 4.78 is 19.5. The summed E-state index contributed by atoms with van der Waals surface area (Å²) >= 11 is 0. The molecule has 6 heteroatoms. The summed E-state index contributed by atoms with van der Waals surface area (Å²) in [6.07, 6.45) is 1.99. The Kier molecular flexibility index (Phi) is 3.43. The topological polar surface area (TPSA) is 64.4 Å². The van der Waals surface area contributed by atoms with Crippen LogP contribution in [0.5, 0.6) is 11.5 Å². The molecule has 2 aromatic carbocycles. The molecule has 0 fully saturated rings. The smallest absolute Gasteiger partial charge is 0.272 e. The van der Waals surface area contributed by atoms with Gasteiger partial charge in [-0.2, -0.15) is 0 Å². The fourth-order valence-corrected chi connectivity index (χ4v) is 2.37. The first-order valence-corrected chi connectivity index (χ1v) is 6.63. The fraction of sp³-hybridized carbons (Fsp3) is 0.200. The second-order valence-electron chi connectivity index (χ2n) is 4.79. The zero-order valence-corrected chi connectivity index (χ0v) is 11.1. The summed E-state index contributed by atoms with van der Waals surface area (Å²) in [5, 5.41) is 13.8. The highest BCUT2D eigenvalue weighted by Gasteiger charge is 2.16. The SMILES string of the molecule is O=[N+]([O-])c1ccc(Oc2cccc3c2NCCC3)c(F)c1. The van der Waals surface area contributed by atoms with Gasteiger partial charge in [0.05, 0.1) is 16.7 Å². The summed E-state index contributed by atoms with van der Waals surface area (Å²) in [4.78, 5) is 9.96. The first kappa shape index (κ1) is 13.4. The number of rotatable bonds is 3. The molecule has 0 unspecified atom stereocenters. The van der Waals surface area contributed by atoms with Gasteiger partial charge in [-0.3, -0.25) is 10.1 Å². The molecule has 3 rings (SSSR count). The van der Waals surface area contributed by atoms with E-state index in [0.29, 0.717) is 5.75 Å². The zero-order chi connectivity index (χ0) is 14.8. The number of nitrogens with zero attached hydrogens (tertiary/aromatic N) is 1. The van der Waals surface area contributed by atoms with E-state index in [9.17, 15) is 14.5 Å². The van der Waals surface area contributed by atoms with Gasteiger partial charge in [0.1, 0.15) is 0 Å².